The summed E-state index contributed by atoms with van der Waals surface area (Å²) < 4.78 is 0.732. The standard InChI is InChI=1S/C20H24NO2/c1-20-17-8-4-2-6-15(17)14-19(16-7-3-5-9-18(16)20)21(20,10-12-22)11-13-23/h2-9,19,22-23H,10-14H2,1H3/q+1/t19-,20+/m1/s1. The monoisotopic (exact) mass is 310 g/mol. The number of benzene rings is 2. The summed E-state index contributed by atoms with van der Waals surface area (Å²) in [4.78, 5) is 0. The van der Waals surface area contributed by atoms with Crippen LogP contribution in [0.1, 0.15) is 35.2 Å². The van der Waals surface area contributed by atoms with E-state index in [0.29, 0.717) is 19.1 Å². The second-order valence-corrected chi connectivity index (χ2v) is 6.97. The van der Waals surface area contributed by atoms with E-state index in [2.05, 4.69) is 55.5 Å². The quantitative estimate of drug-likeness (QED) is 0.851. The van der Waals surface area contributed by atoms with Crippen LogP contribution in [0.5, 0.6) is 0 Å². The molecule has 23 heavy (non-hydrogen) atoms. The van der Waals surface area contributed by atoms with Gasteiger partial charge in [0.15, 0.2) is 0 Å². The Morgan fingerprint density at radius 2 is 1.57 bits per heavy atom. The molecule has 0 aliphatic carbocycles. The number of nitrogens with zero attached hydrogens (tertiary/aromatic N) is 1. The van der Waals surface area contributed by atoms with Crippen LogP contribution in [0.15, 0.2) is 48.5 Å². The molecule has 4 rings (SSSR count). The second kappa shape index (κ2) is 5.17. The van der Waals surface area contributed by atoms with Crippen molar-refractivity contribution in [1.82, 2.24) is 0 Å². The minimum Gasteiger partial charge on any atom is -0.391 e. The number of rotatable bonds is 4. The Bertz CT molecular complexity index is 723. The normalized spacial score (nSPS) is 26.7. The average Bonchev–Trinajstić information content (AvgIpc) is 2.70. The number of aliphatic hydroxyl groups excluding tert-OH is 2. The molecule has 0 saturated carbocycles. The highest BCUT2D eigenvalue weighted by atomic mass is 16.3. The Labute approximate surface area is 137 Å². The molecule has 3 nitrogen and oxygen atoms in total. The van der Waals surface area contributed by atoms with Gasteiger partial charge in [0.05, 0.1) is 13.2 Å². The van der Waals surface area contributed by atoms with Crippen LogP contribution in [0.2, 0.25) is 0 Å². The minimum absolute atomic E-state index is 0.141. The minimum atomic E-state index is -0.207. The zero-order valence-electron chi connectivity index (χ0n) is 13.6. The van der Waals surface area contributed by atoms with Crippen LogP contribution in [0.3, 0.4) is 0 Å². The van der Waals surface area contributed by atoms with Crippen LogP contribution < -0.4 is 0 Å². The predicted molar refractivity (Wildman–Crippen MR) is 89.9 cm³/mol. The third-order valence-electron chi connectivity index (χ3n) is 6.28. The van der Waals surface area contributed by atoms with Crippen molar-refractivity contribution in [3.63, 3.8) is 0 Å². The zero-order valence-corrected chi connectivity index (χ0v) is 13.6. The fourth-order valence-electron chi connectivity index (χ4n) is 5.33. The van der Waals surface area contributed by atoms with Gasteiger partial charge >= 0.3 is 0 Å². The maximum Gasteiger partial charge on any atom is 0.149 e. The Balaban J connectivity index is 2.05. The van der Waals surface area contributed by atoms with Crippen LogP contribution in [0.4, 0.5) is 0 Å². The van der Waals surface area contributed by atoms with Gasteiger partial charge in [-0.25, -0.2) is 0 Å². The highest BCUT2D eigenvalue weighted by Crippen LogP contribution is 2.60. The lowest BCUT2D eigenvalue weighted by molar-refractivity contribution is -0.998. The molecule has 0 fully saturated rings. The molecule has 0 unspecified atom stereocenters. The maximum absolute atomic E-state index is 9.82. The lowest BCUT2D eigenvalue weighted by Gasteiger charge is -2.54. The van der Waals surface area contributed by atoms with E-state index in [1.165, 1.54) is 22.3 Å². The number of fused-ring (bicyclic) bond motifs is 7. The molecule has 0 spiro atoms. The number of hydrogen-bond donors (Lipinski definition) is 2. The van der Waals surface area contributed by atoms with Gasteiger partial charge in [0.25, 0.3) is 0 Å². The van der Waals surface area contributed by atoms with E-state index in [-0.39, 0.29) is 18.8 Å². The molecular formula is C20H24NO2+. The highest BCUT2D eigenvalue weighted by molar-refractivity contribution is 5.51. The first-order valence-electron chi connectivity index (χ1n) is 8.45. The largest absolute Gasteiger partial charge is 0.391 e. The van der Waals surface area contributed by atoms with E-state index in [9.17, 15) is 10.2 Å². The fourth-order valence-corrected chi connectivity index (χ4v) is 5.33. The first kappa shape index (κ1) is 14.9. The molecule has 0 aromatic heterocycles. The van der Waals surface area contributed by atoms with Crippen molar-refractivity contribution in [2.45, 2.75) is 24.9 Å². The molecule has 2 aromatic carbocycles. The molecule has 2 aromatic rings. The van der Waals surface area contributed by atoms with Crippen molar-refractivity contribution in [1.29, 1.82) is 0 Å². The zero-order chi connectivity index (χ0) is 16.1. The Morgan fingerprint density at radius 1 is 0.957 bits per heavy atom. The van der Waals surface area contributed by atoms with Gasteiger partial charge < -0.3 is 14.7 Å². The van der Waals surface area contributed by atoms with Crippen molar-refractivity contribution in [2.75, 3.05) is 26.3 Å². The van der Waals surface area contributed by atoms with Crippen molar-refractivity contribution in [2.24, 2.45) is 0 Å². The van der Waals surface area contributed by atoms with Gasteiger partial charge in [-0.2, -0.15) is 0 Å². The van der Waals surface area contributed by atoms with Gasteiger partial charge in [-0.3, -0.25) is 0 Å². The van der Waals surface area contributed by atoms with Gasteiger partial charge in [-0.15, -0.1) is 0 Å². The lowest BCUT2D eigenvalue weighted by atomic mass is 9.78. The summed E-state index contributed by atoms with van der Waals surface area (Å²) in [7, 11) is 0. The van der Waals surface area contributed by atoms with E-state index in [1.807, 2.05) is 0 Å². The smallest absolute Gasteiger partial charge is 0.149 e. The Morgan fingerprint density at radius 3 is 2.26 bits per heavy atom. The first-order valence-corrected chi connectivity index (χ1v) is 8.45. The second-order valence-electron chi connectivity index (χ2n) is 6.97. The van der Waals surface area contributed by atoms with E-state index in [4.69, 9.17) is 0 Å². The van der Waals surface area contributed by atoms with Crippen molar-refractivity contribution in [3.05, 3.63) is 70.8 Å². The fraction of sp³-hybridized carbons (Fsp3) is 0.400. The molecule has 2 heterocycles. The summed E-state index contributed by atoms with van der Waals surface area (Å²) >= 11 is 0. The third kappa shape index (κ3) is 1.70. The molecule has 2 atom stereocenters. The third-order valence-corrected chi connectivity index (χ3v) is 6.28. The van der Waals surface area contributed by atoms with E-state index in [1.54, 1.807) is 0 Å². The van der Waals surface area contributed by atoms with Crippen LogP contribution in [-0.4, -0.2) is 41.0 Å². The van der Waals surface area contributed by atoms with Gasteiger partial charge in [-0.1, -0.05) is 48.5 Å². The molecule has 120 valence electrons. The van der Waals surface area contributed by atoms with Crippen LogP contribution in [-0.2, 0) is 12.0 Å². The van der Waals surface area contributed by atoms with Gasteiger partial charge in [-0.05, 0) is 12.5 Å². The summed E-state index contributed by atoms with van der Waals surface area (Å²) in [5.74, 6) is 0. The van der Waals surface area contributed by atoms with E-state index >= 15 is 0 Å². The van der Waals surface area contributed by atoms with Crippen molar-refractivity contribution >= 4 is 0 Å². The molecule has 0 amide bonds. The summed E-state index contributed by atoms with van der Waals surface area (Å²) in [6, 6.07) is 17.7. The van der Waals surface area contributed by atoms with Crippen molar-refractivity contribution < 1.29 is 14.7 Å². The molecule has 2 aliphatic rings. The van der Waals surface area contributed by atoms with E-state index in [0.717, 1.165) is 10.9 Å². The number of aliphatic hydroxyl groups is 2. The Kier molecular flexibility index (Phi) is 3.34. The Hall–Kier alpha value is -1.68. The number of quaternary nitrogens is 1. The van der Waals surface area contributed by atoms with E-state index < -0.39 is 0 Å². The van der Waals surface area contributed by atoms with Crippen LogP contribution >= 0.6 is 0 Å². The predicted octanol–water partition coefficient (Wildman–Crippen LogP) is 2.36. The molecule has 2 N–H and O–H groups in total. The average molecular weight is 310 g/mol. The van der Waals surface area contributed by atoms with Crippen LogP contribution in [0.25, 0.3) is 0 Å². The highest BCUT2D eigenvalue weighted by Gasteiger charge is 2.63. The lowest BCUT2D eigenvalue weighted by Crippen LogP contribution is -2.64. The van der Waals surface area contributed by atoms with Crippen molar-refractivity contribution in [3.8, 4) is 0 Å². The summed E-state index contributed by atoms with van der Waals surface area (Å²) in [6.07, 6.45) is 0.975. The molecule has 2 aliphatic heterocycles. The summed E-state index contributed by atoms with van der Waals surface area (Å²) in [6.45, 7) is 3.93. The summed E-state index contributed by atoms with van der Waals surface area (Å²) in [5.41, 5.74) is 5.29. The molecule has 3 heteroatoms. The summed E-state index contributed by atoms with van der Waals surface area (Å²) in [5, 5.41) is 19.6. The SMILES string of the molecule is C[C@]12c3ccccc3C[C@H](c3ccccc31)[N+]2(CCO)CCO. The maximum atomic E-state index is 9.82. The molecule has 0 saturated heterocycles. The first-order chi connectivity index (χ1) is 11.2. The topological polar surface area (TPSA) is 40.5 Å². The molecule has 0 radical (unpaired) electrons. The van der Waals surface area contributed by atoms with Gasteiger partial charge in [0.2, 0.25) is 0 Å². The molecule has 2 bridgehead atoms. The van der Waals surface area contributed by atoms with Gasteiger partial charge in [0.1, 0.15) is 24.7 Å². The molecular weight excluding hydrogens is 286 g/mol. The van der Waals surface area contributed by atoms with Crippen LogP contribution in [0, 0.1) is 0 Å². The number of hydrogen-bond acceptors (Lipinski definition) is 2. The van der Waals surface area contributed by atoms with Gasteiger partial charge in [0, 0.05) is 23.1 Å².